The molecule has 2 aromatic rings. The van der Waals surface area contributed by atoms with Gasteiger partial charge in [0.1, 0.15) is 0 Å². The van der Waals surface area contributed by atoms with E-state index >= 15 is 0 Å². The maximum absolute atomic E-state index is 9.11. The van der Waals surface area contributed by atoms with Gasteiger partial charge in [0.05, 0.1) is 6.10 Å². The molecule has 15 heavy (non-hydrogen) atoms. The Labute approximate surface area is 93.6 Å². The quantitative estimate of drug-likeness (QED) is 0.830. The lowest BCUT2D eigenvalue weighted by atomic mass is 10.2. The smallest absolute Gasteiger partial charge is 0.0636 e. The average molecular weight is 221 g/mol. The maximum atomic E-state index is 9.11. The van der Waals surface area contributed by atoms with Gasteiger partial charge >= 0.3 is 0 Å². The van der Waals surface area contributed by atoms with Gasteiger partial charge in [-0.15, -0.1) is 11.3 Å². The summed E-state index contributed by atoms with van der Waals surface area (Å²) in [6.07, 6.45) is -0.278. The summed E-state index contributed by atoms with van der Waals surface area (Å²) >= 11 is 1.80. The van der Waals surface area contributed by atoms with E-state index in [0.717, 1.165) is 6.54 Å². The number of benzene rings is 1. The Morgan fingerprint density at radius 1 is 1.40 bits per heavy atom. The van der Waals surface area contributed by atoms with E-state index in [0.29, 0.717) is 6.54 Å². The first-order chi connectivity index (χ1) is 7.25. The zero-order valence-electron chi connectivity index (χ0n) is 8.73. The van der Waals surface area contributed by atoms with Gasteiger partial charge in [-0.25, -0.2) is 0 Å². The molecular formula is C12H15NOS. The third kappa shape index (κ3) is 2.78. The second-order valence-electron chi connectivity index (χ2n) is 3.73. The Balaban J connectivity index is 2.03. The van der Waals surface area contributed by atoms with Crippen LogP contribution in [0.4, 0.5) is 0 Å². The Kier molecular flexibility index (Phi) is 3.36. The van der Waals surface area contributed by atoms with Crippen LogP contribution in [0, 0.1) is 0 Å². The first kappa shape index (κ1) is 10.6. The van der Waals surface area contributed by atoms with Crippen LogP contribution in [0.3, 0.4) is 0 Å². The molecule has 2 nitrogen and oxygen atoms in total. The number of aliphatic hydroxyl groups is 1. The lowest BCUT2D eigenvalue weighted by Gasteiger charge is -2.04. The Bertz CT molecular complexity index is 403. The van der Waals surface area contributed by atoms with Gasteiger partial charge in [-0.2, -0.15) is 0 Å². The molecule has 0 spiro atoms. The fraction of sp³-hybridized carbons (Fsp3) is 0.333. The molecule has 0 aliphatic heterocycles. The topological polar surface area (TPSA) is 32.3 Å². The molecule has 2 N–H and O–H groups in total. The van der Waals surface area contributed by atoms with E-state index in [1.165, 1.54) is 15.0 Å². The fourth-order valence-electron chi connectivity index (χ4n) is 1.53. The highest BCUT2D eigenvalue weighted by Crippen LogP contribution is 2.24. The van der Waals surface area contributed by atoms with E-state index in [-0.39, 0.29) is 6.10 Å². The van der Waals surface area contributed by atoms with Gasteiger partial charge in [-0.05, 0) is 24.4 Å². The van der Waals surface area contributed by atoms with Crippen molar-refractivity contribution in [2.75, 3.05) is 6.54 Å². The van der Waals surface area contributed by atoms with E-state index in [4.69, 9.17) is 5.11 Å². The minimum atomic E-state index is -0.278. The van der Waals surface area contributed by atoms with Crippen molar-refractivity contribution in [3.63, 3.8) is 0 Å². The summed E-state index contributed by atoms with van der Waals surface area (Å²) in [4.78, 5) is 1.32. The number of fused-ring (bicyclic) bond motifs is 1. The summed E-state index contributed by atoms with van der Waals surface area (Å²) in [6, 6.07) is 10.6. The van der Waals surface area contributed by atoms with Crippen molar-refractivity contribution >= 4 is 21.4 Å². The normalized spacial score (nSPS) is 13.2. The van der Waals surface area contributed by atoms with Gasteiger partial charge in [-0.3, -0.25) is 0 Å². The van der Waals surface area contributed by atoms with Crippen LogP contribution in [0.25, 0.3) is 10.1 Å². The van der Waals surface area contributed by atoms with E-state index in [9.17, 15) is 0 Å². The summed E-state index contributed by atoms with van der Waals surface area (Å²) in [5.74, 6) is 0. The molecule has 0 aliphatic rings. The van der Waals surface area contributed by atoms with E-state index in [1.807, 2.05) is 0 Å². The molecule has 2 rings (SSSR count). The minimum absolute atomic E-state index is 0.278. The van der Waals surface area contributed by atoms with Crippen LogP contribution in [0.15, 0.2) is 30.3 Å². The van der Waals surface area contributed by atoms with Crippen molar-refractivity contribution in [3.05, 3.63) is 35.2 Å². The fourth-order valence-corrected chi connectivity index (χ4v) is 2.56. The Hall–Kier alpha value is -0.900. The highest BCUT2D eigenvalue weighted by atomic mass is 32.1. The van der Waals surface area contributed by atoms with Gasteiger partial charge in [0, 0.05) is 22.7 Å². The van der Waals surface area contributed by atoms with Crippen LogP contribution in [0.2, 0.25) is 0 Å². The molecule has 0 radical (unpaired) electrons. The van der Waals surface area contributed by atoms with Crippen molar-refractivity contribution in [2.24, 2.45) is 0 Å². The summed E-state index contributed by atoms with van der Waals surface area (Å²) in [7, 11) is 0. The molecule has 1 heterocycles. The molecule has 0 saturated carbocycles. The standard InChI is InChI=1S/C12H15NOS/c1-9(14)7-13-8-11-6-10-4-2-3-5-12(10)15-11/h2-6,9,13-14H,7-8H2,1H3/t9-/m0/s1. The highest BCUT2D eigenvalue weighted by Gasteiger charge is 2.01. The van der Waals surface area contributed by atoms with E-state index in [1.54, 1.807) is 18.3 Å². The number of hydrogen-bond acceptors (Lipinski definition) is 3. The third-order valence-corrected chi connectivity index (χ3v) is 3.33. The molecule has 0 amide bonds. The number of hydrogen-bond donors (Lipinski definition) is 2. The lowest BCUT2D eigenvalue weighted by Crippen LogP contribution is -2.23. The van der Waals surface area contributed by atoms with Crippen LogP contribution >= 0.6 is 11.3 Å². The van der Waals surface area contributed by atoms with E-state index < -0.39 is 0 Å². The highest BCUT2D eigenvalue weighted by molar-refractivity contribution is 7.19. The third-order valence-electron chi connectivity index (χ3n) is 2.22. The van der Waals surface area contributed by atoms with Crippen molar-refractivity contribution in [1.29, 1.82) is 0 Å². The minimum Gasteiger partial charge on any atom is -0.392 e. The second kappa shape index (κ2) is 4.75. The van der Waals surface area contributed by atoms with Crippen molar-refractivity contribution < 1.29 is 5.11 Å². The zero-order valence-corrected chi connectivity index (χ0v) is 9.55. The second-order valence-corrected chi connectivity index (χ2v) is 4.90. The zero-order chi connectivity index (χ0) is 10.7. The molecule has 0 fully saturated rings. The lowest BCUT2D eigenvalue weighted by molar-refractivity contribution is 0.191. The SMILES string of the molecule is C[C@H](O)CNCc1cc2ccccc2s1. The number of thiophene rings is 1. The maximum Gasteiger partial charge on any atom is 0.0636 e. The Morgan fingerprint density at radius 3 is 2.93 bits per heavy atom. The van der Waals surface area contributed by atoms with Gasteiger partial charge < -0.3 is 10.4 Å². The predicted octanol–water partition coefficient (Wildman–Crippen LogP) is 2.37. The van der Waals surface area contributed by atoms with Crippen LogP contribution in [-0.2, 0) is 6.54 Å². The molecule has 0 bridgehead atoms. The summed E-state index contributed by atoms with van der Waals surface area (Å²) in [5.41, 5.74) is 0. The van der Waals surface area contributed by atoms with Gasteiger partial charge in [0.15, 0.2) is 0 Å². The Morgan fingerprint density at radius 2 is 2.20 bits per heavy atom. The largest absolute Gasteiger partial charge is 0.392 e. The van der Waals surface area contributed by atoms with Gasteiger partial charge in [-0.1, -0.05) is 18.2 Å². The van der Waals surface area contributed by atoms with Crippen LogP contribution < -0.4 is 5.32 Å². The first-order valence-corrected chi connectivity index (χ1v) is 5.93. The molecule has 1 atom stereocenters. The molecule has 1 aromatic carbocycles. The van der Waals surface area contributed by atoms with Crippen molar-refractivity contribution in [3.8, 4) is 0 Å². The van der Waals surface area contributed by atoms with Crippen LogP contribution in [-0.4, -0.2) is 17.8 Å². The predicted molar refractivity (Wildman–Crippen MR) is 65.2 cm³/mol. The van der Waals surface area contributed by atoms with Crippen LogP contribution in [0.5, 0.6) is 0 Å². The molecule has 3 heteroatoms. The van der Waals surface area contributed by atoms with Gasteiger partial charge in [0.25, 0.3) is 0 Å². The first-order valence-electron chi connectivity index (χ1n) is 5.12. The molecule has 0 unspecified atom stereocenters. The molecule has 80 valence electrons. The number of nitrogens with one attached hydrogen (secondary N) is 1. The molecule has 0 saturated heterocycles. The summed E-state index contributed by atoms with van der Waals surface area (Å²) in [6.45, 7) is 3.27. The molecular weight excluding hydrogens is 206 g/mol. The molecule has 0 aliphatic carbocycles. The van der Waals surface area contributed by atoms with Gasteiger partial charge in [0.2, 0.25) is 0 Å². The summed E-state index contributed by atoms with van der Waals surface area (Å²) < 4.78 is 1.33. The number of aliphatic hydroxyl groups excluding tert-OH is 1. The number of rotatable bonds is 4. The molecule has 1 aromatic heterocycles. The summed E-state index contributed by atoms with van der Waals surface area (Å²) in [5, 5.41) is 13.6. The monoisotopic (exact) mass is 221 g/mol. The van der Waals surface area contributed by atoms with E-state index in [2.05, 4.69) is 35.6 Å². The van der Waals surface area contributed by atoms with Crippen molar-refractivity contribution in [1.82, 2.24) is 5.32 Å². The average Bonchev–Trinajstić information content (AvgIpc) is 2.59. The van der Waals surface area contributed by atoms with Crippen molar-refractivity contribution in [2.45, 2.75) is 19.6 Å². The van der Waals surface area contributed by atoms with Crippen LogP contribution in [0.1, 0.15) is 11.8 Å².